The number of hydrogen-bond donors (Lipinski definition) is 1. The third kappa shape index (κ3) is 2.72. The number of aromatic hydroxyl groups is 1. The second kappa shape index (κ2) is 5.11. The van der Waals surface area contributed by atoms with E-state index in [-0.39, 0.29) is 11.5 Å². The van der Waals surface area contributed by atoms with Crippen molar-refractivity contribution in [2.24, 2.45) is 5.92 Å². The van der Waals surface area contributed by atoms with Crippen LogP contribution >= 0.6 is 0 Å². The number of hydrogen-bond acceptors (Lipinski definition) is 3. The van der Waals surface area contributed by atoms with Gasteiger partial charge in [0.1, 0.15) is 5.75 Å². The highest BCUT2D eigenvalue weighted by atomic mass is 16.3. The second-order valence-corrected chi connectivity index (χ2v) is 5.52. The molecule has 3 nitrogen and oxygen atoms in total. The lowest BCUT2D eigenvalue weighted by Crippen LogP contribution is -2.26. The summed E-state index contributed by atoms with van der Waals surface area (Å²) in [6.07, 6.45) is 1.20. The quantitative estimate of drug-likeness (QED) is 0.835. The van der Waals surface area contributed by atoms with E-state index in [0.717, 1.165) is 18.7 Å². The van der Waals surface area contributed by atoms with Crippen LogP contribution in [0.3, 0.4) is 0 Å². The number of rotatable bonds is 3. The van der Waals surface area contributed by atoms with Gasteiger partial charge in [-0.1, -0.05) is 6.92 Å². The van der Waals surface area contributed by atoms with Gasteiger partial charge in [0.15, 0.2) is 5.78 Å². The number of carbonyl (C=O) groups is 1. The van der Waals surface area contributed by atoms with Crippen LogP contribution in [0.4, 0.5) is 0 Å². The first-order valence-corrected chi connectivity index (χ1v) is 6.54. The van der Waals surface area contributed by atoms with Gasteiger partial charge >= 0.3 is 0 Å². The van der Waals surface area contributed by atoms with E-state index in [2.05, 4.69) is 18.7 Å². The Kier molecular flexibility index (Phi) is 3.71. The van der Waals surface area contributed by atoms with Crippen LogP contribution in [-0.4, -0.2) is 28.4 Å². The number of benzene rings is 1. The molecule has 0 saturated carbocycles. The highest BCUT2D eigenvalue weighted by Gasteiger charge is 2.26. The molecule has 3 heteroatoms. The summed E-state index contributed by atoms with van der Waals surface area (Å²) < 4.78 is 0. The first kappa shape index (κ1) is 13.1. The van der Waals surface area contributed by atoms with Crippen LogP contribution in [0.1, 0.15) is 43.1 Å². The molecule has 98 valence electrons. The topological polar surface area (TPSA) is 40.5 Å². The van der Waals surface area contributed by atoms with Crippen LogP contribution in [0.2, 0.25) is 0 Å². The number of phenolic OH excluding ortho intramolecular Hbond substituents is 1. The zero-order chi connectivity index (χ0) is 13.3. The van der Waals surface area contributed by atoms with Crippen LogP contribution < -0.4 is 0 Å². The van der Waals surface area contributed by atoms with Crippen molar-refractivity contribution in [1.82, 2.24) is 4.90 Å². The predicted octanol–water partition coefficient (Wildman–Crippen LogP) is 2.83. The van der Waals surface area contributed by atoms with Gasteiger partial charge in [-0.25, -0.2) is 0 Å². The van der Waals surface area contributed by atoms with Crippen LogP contribution in [0.25, 0.3) is 0 Å². The molecule has 0 aliphatic carbocycles. The zero-order valence-electron chi connectivity index (χ0n) is 11.3. The van der Waals surface area contributed by atoms with Gasteiger partial charge in [-0.2, -0.15) is 0 Å². The third-order valence-electron chi connectivity index (χ3n) is 3.77. The molecule has 1 heterocycles. The number of nitrogens with zero attached hydrogens (tertiary/aromatic N) is 1. The lowest BCUT2D eigenvalue weighted by molar-refractivity contribution is 0.101. The van der Waals surface area contributed by atoms with Gasteiger partial charge in [0, 0.05) is 30.3 Å². The minimum Gasteiger partial charge on any atom is -0.508 e. The maximum Gasteiger partial charge on any atom is 0.159 e. The molecule has 1 aromatic carbocycles. The number of ketones is 1. The second-order valence-electron chi connectivity index (χ2n) is 5.52. The van der Waals surface area contributed by atoms with Crippen molar-refractivity contribution in [3.8, 4) is 5.75 Å². The van der Waals surface area contributed by atoms with Crippen molar-refractivity contribution in [2.45, 2.75) is 39.8 Å². The van der Waals surface area contributed by atoms with Crippen molar-refractivity contribution in [3.05, 3.63) is 29.3 Å². The molecule has 1 aliphatic heterocycles. The minimum atomic E-state index is 0.0408. The Hall–Kier alpha value is -1.35. The summed E-state index contributed by atoms with van der Waals surface area (Å²) in [6.45, 7) is 7.80. The summed E-state index contributed by atoms with van der Waals surface area (Å²) in [4.78, 5) is 13.7. The van der Waals surface area contributed by atoms with Crippen molar-refractivity contribution in [1.29, 1.82) is 0 Å². The largest absolute Gasteiger partial charge is 0.508 e. The van der Waals surface area contributed by atoms with Gasteiger partial charge in [-0.05, 0) is 44.4 Å². The number of phenols is 1. The van der Waals surface area contributed by atoms with Crippen LogP contribution in [0, 0.1) is 5.92 Å². The maximum atomic E-state index is 11.4. The molecular weight excluding hydrogens is 226 g/mol. The maximum absolute atomic E-state index is 11.4. The molecule has 18 heavy (non-hydrogen) atoms. The summed E-state index contributed by atoms with van der Waals surface area (Å²) in [5, 5.41) is 9.89. The summed E-state index contributed by atoms with van der Waals surface area (Å²) in [7, 11) is 0. The van der Waals surface area contributed by atoms with Crippen LogP contribution in [0.5, 0.6) is 5.75 Å². The van der Waals surface area contributed by atoms with Crippen molar-refractivity contribution < 1.29 is 9.90 Å². The smallest absolute Gasteiger partial charge is 0.159 e. The minimum absolute atomic E-state index is 0.0408. The number of carbonyl (C=O) groups excluding carboxylic acids is 1. The van der Waals surface area contributed by atoms with E-state index in [4.69, 9.17) is 0 Å². The molecule has 0 radical (unpaired) electrons. The van der Waals surface area contributed by atoms with E-state index in [1.165, 1.54) is 6.42 Å². The lowest BCUT2D eigenvalue weighted by atomic mass is 10.1. The first-order valence-electron chi connectivity index (χ1n) is 6.54. The average molecular weight is 247 g/mol. The summed E-state index contributed by atoms with van der Waals surface area (Å²) in [5.41, 5.74) is 1.52. The molecule has 0 bridgehead atoms. The summed E-state index contributed by atoms with van der Waals surface area (Å²) in [5.74, 6) is 1.03. The van der Waals surface area contributed by atoms with E-state index in [9.17, 15) is 9.90 Å². The molecule has 1 aromatic rings. The van der Waals surface area contributed by atoms with E-state index in [1.54, 1.807) is 19.1 Å². The number of Topliss-reactive ketones (excluding diaryl/α,β-unsaturated/α-hetero) is 1. The average Bonchev–Trinajstić information content (AvgIpc) is 2.60. The fraction of sp³-hybridized carbons (Fsp3) is 0.533. The summed E-state index contributed by atoms with van der Waals surface area (Å²) in [6, 6.07) is 5.65. The summed E-state index contributed by atoms with van der Waals surface area (Å²) >= 11 is 0. The van der Waals surface area contributed by atoms with Crippen LogP contribution in [-0.2, 0) is 6.54 Å². The first-order chi connectivity index (χ1) is 8.47. The fourth-order valence-corrected chi connectivity index (χ4v) is 2.76. The zero-order valence-corrected chi connectivity index (χ0v) is 11.3. The molecule has 0 amide bonds. The molecule has 1 fully saturated rings. The molecular formula is C15H21NO2. The Morgan fingerprint density at radius 1 is 1.44 bits per heavy atom. The Labute approximate surface area is 108 Å². The predicted molar refractivity (Wildman–Crippen MR) is 71.8 cm³/mol. The van der Waals surface area contributed by atoms with Gasteiger partial charge in [0.2, 0.25) is 0 Å². The molecule has 2 atom stereocenters. The highest BCUT2D eigenvalue weighted by Crippen LogP contribution is 2.27. The molecule has 2 unspecified atom stereocenters. The fourth-order valence-electron chi connectivity index (χ4n) is 2.76. The van der Waals surface area contributed by atoms with Gasteiger partial charge in [-0.15, -0.1) is 0 Å². The Bertz CT molecular complexity index is 456. The highest BCUT2D eigenvalue weighted by molar-refractivity contribution is 5.94. The molecule has 2 rings (SSSR count). The van der Waals surface area contributed by atoms with E-state index in [0.29, 0.717) is 17.5 Å². The number of likely N-dealkylation sites (tertiary alicyclic amines) is 1. The lowest BCUT2D eigenvalue weighted by Gasteiger charge is -2.21. The Morgan fingerprint density at radius 3 is 2.72 bits per heavy atom. The van der Waals surface area contributed by atoms with Gasteiger partial charge in [0.25, 0.3) is 0 Å². The van der Waals surface area contributed by atoms with E-state index in [1.807, 2.05) is 6.07 Å². The van der Waals surface area contributed by atoms with E-state index >= 15 is 0 Å². The molecule has 0 spiro atoms. The molecule has 1 aliphatic rings. The van der Waals surface area contributed by atoms with E-state index < -0.39 is 0 Å². The van der Waals surface area contributed by atoms with Crippen LogP contribution in [0.15, 0.2) is 18.2 Å². The Balaban J connectivity index is 2.18. The van der Waals surface area contributed by atoms with Gasteiger partial charge < -0.3 is 5.11 Å². The van der Waals surface area contributed by atoms with Gasteiger partial charge in [0.05, 0.1) is 0 Å². The standard InChI is InChI=1S/C15H21NO2/c1-10-6-11(2)16(8-10)9-14-7-13(12(3)17)4-5-15(14)18/h4-5,7,10-11,18H,6,8-9H2,1-3H3. The van der Waals surface area contributed by atoms with Crippen molar-refractivity contribution >= 4 is 5.78 Å². The molecule has 1 N–H and O–H groups in total. The monoisotopic (exact) mass is 247 g/mol. The van der Waals surface area contributed by atoms with Crippen molar-refractivity contribution in [3.63, 3.8) is 0 Å². The third-order valence-corrected chi connectivity index (χ3v) is 3.77. The molecule has 1 saturated heterocycles. The van der Waals surface area contributed by atoms with Crippen molar-refractivity contribution in [2.75, 3.05) is 6.54 Å². The van der Waals surface area contributed by atoms with Gasteiger partial charge in [-0.3, -0.25) is 9.69 Å². The molecule has 0 aromatic heterocycles. The Morgan fingerprint density at radius 2 is 2.17 bits per heavy atom. The normalized spacial score (nSPS) is 24.4. The SMILES string of the molecule is CC(=O)c1ccc(O)c(CN2CC(C)CC2C)c1.